The summed E-state index contributed by atoms with van der Waals surface area (Å²) in [7, 11) is 0. The van der Waals surface area contributed by atoms with Gasteiger partial charge in [-0.25, -0.2) is 0 Å². The normalized spacial score (nSPS) is 18.4. The van der Waals surface area contributed by atoms with Crippen molar-refractivity contribution in [2.24, 2.45) is 0 Å². The van der Waals surface area contributed by atoms with Gasteiger partial charge in [-0.3, -0.25) is 14.6 Å². The predicted molar refractivity (Wildman–Crippen MR) is 83.8 cm³/mol. The molecule has 4 nitrogen and oxygen atoms in total. The molecule has 1 unspecified atom stereocenters. The van der Waals surface area contributed by atoms with Gasteiger partial charge >= 0.3 is 0 Å². The maximum Gasteiger partial charge on any atom is 0.224 e. The first-order valence-corrected chi connectivity index (χ1v) is 7.78. The fourth-order valence-electron chi connectivity index (χ4n) is 2.71. The van der Waals surface area contributed by atoms with Crippen LogP contribution in [0, 0.1) is 0 Å². The number of hydrogen-bond donors (Lipinski definition) is 0. The summed E-state index contributed by atoms with van der Waals surface area (Å²) in [6.45, 7) is 2.74. The van der Waals surface area contributed by atoms with Crippen molar-refractivity contribution in [2.45, 2.75) is 25.1 Å². The van der Waals surface area contributed by atoms with E-state index in [9.17, 15) is 9.59 Å². The van der Waals surface area contributed by atoms with Crippen LogP contribution in [0.3, 0.4) is 0 Å². The van der Waals surface area contributed by atoms with E-state index in [-0.39, 0.29) is 16.3 Å². The van der Waals surface area contributed by atoms with Crippen LogP contribution in [0.2, 0.25) is 0 Å². The largest absolute Gasteiger partial charge is 0.337 e. The molecule has 1 amide bonds. The van der Waals surface area contributed by atoms with Crippen molar-refractivity contribution in [1.29, 1.82) is 0 Å². The van der Waals surface area contributed by atoms with Crippen LogP contribution >= 0.6 is 11.8 Å². The van der Waals surface area contributed by atoms with Crippen LogP contribution in [0.15, 0.2) is 36.7 Å². The van der Waals surface area contributed by atoms with Gasteiger partial charge in [-0.15, -0.1) is 0 Å². The van der Waals surface area contributed by atoms with Crippen molar-refractivity contribution < 1.29 is 9.59 Å². The topological polar surface area (TPSA) is 50.3 Å². The van der Waals surface area contributed by atoms with E-state index in [1.165, 1.54) is 11.8 Å². The van der Waals surface area contributed by atoms with Crippen molar-refractivity contribution in [3.8, 4) is 0 Å². The Balaban J connectivity index is 1.79. The summed E-state index contributed by atoms with van der Waals surface area (Å²) < 4.78 is 0. The lowest BCUT2D eigenvalue weighted by Crippen LogP contribution is -2.25. The first kappa shape index (κ1) is 14.1. The summed E-state index contributed by atoms with van der Waals surface area (Å²) in [6, 6.07) is 8.04. The van der Waals surface area contributed by atoms with E-state index in [0.29, 0.717) is 19.5 Å². The molecule has 0 N–H and O–H groups in total. The molecule has 1 saturated heterocycles. The Labute approximate surface area is 127 Å². The molecule has 108 valence electrons. The second-order valence-electron chi connectivity index (χ2n) is 5.23. The number of fused-ring (bicyclic) bond motifs is 1. The summed E-state index contributed by atoms with van der Waals surface area (Å²) in [5, 5.41) is 2.36. The number of carbonyl (C=O) groups excluding carboxylic acids is 2. The quantitative estimate of drug-likeness (QED) is 0.874. The number of nitrogens with zero attached hydrogens (tertiary/aromatic N) is 2. The molecule has 1 atom stereocenters. The lowest BCUT2D eigenvalue weighted by atomic mass is 10.1. The lowest BCUT2D eigenvalue weighted by Gasteiger charge is -2.17. The number of likely N-dealkylation sites (tertiary alicyclic amines) is 1. The second kappa shape index (κ2) is 5.85. The van der Waals surface area contributed by atoms with Crippen molar-refractivity contribution in [3.05, 3.63) is 42.2 Å². The molecule has 1 aromatic heterocycles. The first-order valence-electron chi connectivity index (χ1n) is 6.90. The highest BCUT2D eigenvalue weighted by Gasteiger charge is 2.31. The molecule has 1 aliphatic rings. The van der Waals surface area contributed by atoms with Gasteiger partial charge in [-0.1, -0.05) is 36.0 Å². The average Bonchev–Trinajstić information content (AvgIpc) is 2.78. The van der Waals surface area contributed by atoms with E-state index in [1.54, 1.807) is 6.92 Å². The smallest absolute Gasteiger partial charge is 0.224 e. The van der Waals surface area contributed by atoms with Gasteiger partial charge < -0.3 is 4.90 Å². The van der Waals surface area contributed by atoms with Crippen LogP contribution in [0.5, 0.6) is 0 Å². The molecule has 21 heavy (non-hydrogen) atoms. The molecule has 1 aromatic carbocycles. The molecule has 0 spiro atoms. The lowest BCUT2D eigenvalue weighted by molar-refractivity contribution is -0.128. The van der Waals surface area contributed by atoms with Gasteiger partial charge in [0.25, 0.3) is 0 Å². The van der Waals surface area contributed by atoms with E-state index in [1.807, 2.05) is 35.5 Å². The molecule has 0 aliphatic carbocycles. The Kier molecular flexibility index (Phi) is 3.92. The van der Waals surface area contributed by atoms with Crippen molar-refractivity contribution in [1.82, 2.24) is 9.88 Å². The van der Waals surface area contributed by atoms with Crippen LogP contribution in [-0.4, -0.2) is 32.7 Å². The van der Waals surface area contributed by atoms with Crippen LogP contribution in [0.25, 0.3) is 10.8 Å². The number of hydrogen-bond acceptors (Lipinski definition) is 4. The number of aromatic nitrogens is 1. The maximum absolute atomic E-state index is 12.1. The van der Waals surface area contributed by atoms with Gasteiger partial charge in [-0.2, -0.15) is 0 Å². The number of amides is 1. The number of benzene rings is 1. The molecule has 0 bridgehead atoms. The Morgan fingerprint density at radius 3 is 3.00 bits per heavy atom. The molecular weight excluding hydrogens is 284 g/mol. The number of thioether (sulfide) groups is 1. The Bertz CT molecular complexity index is 696. The van der Waals surface area contributed by atoms with Gasteiger partial charge in [0.1, 0.15) is 0 Å². The van der Waals surface area contributed by atoms with Crippen LogP contribution in [-0.2, 0) is 16.1 Å². The molecule has 2 aromatic rings. The van der Waals surface area contributed by atoms with Crippen LogP contribution in [0.1, 0.15) is 18.9 Å². The zero-order chi connectivity index (χ0) is 14.8. The average molecular weight is 300 g/mol. The van der Waals surface area contributed by atoms with Crippen molar-refractivity contribution in [3.63, 3.8) is 0 Å². The van der Waals surface area contributed by atoms with Gasteiger partial charge in [0.2, 0.25) is 5.91 Å². The highest BCUT2D eigenvalue weighted by molar-refractivity contribution is 8.14. The maximum atomic E-state index is 12.1. The third kappa shape index (κ3) is 3.08. The van der Waals surface area contributed by atoms with Gasteiger partial charge in [0, 0.05) is 49.5 Å². The first-order chi connectivity index (χ1) is 10.1. The predicted octanol–water partition coefficient (Wildman–Crippen LogP) is 2.62. The molecular formula is C16H16N2O2S. The summed E-state index contributed by atoms with van der Waals surface area (Å²) >= 11 is 1.27. The molecule has 3 rings (SSSR count). The summed E-state index contributed by atoms with van der Waals surface area (Å²) in [5.41, 5.74) is 1.05. The summed E-state index contributed by atoms with van der Waals surface area (Å²) in [5.74, 6) is 0.113. The minimum atomic E-state index is 0.0708. The molecule has 1 aliphatic heterocycles. The third-order valence-corrected chi connectivity index (χ3v) is 4.60. The number of pyridine rings is 1. The van der Waals surface area contributed by atoms with E-state index in [2.05, 4.69) is 11.1 Å². The summed E-state index contributed by atoms with van der Waals surface area (Å²) in [6.07, 6.45) is 4.10. The Morgan fingerprint density at radius 2 is 2.19 bits per heavy atom. The van der Waals surface area contributed by atoms with Gasteiger partial charge in [-0.05, 0) is 10.9 Å². The number of rotatable bonds is 3. The van der Waals surface area contributed by atoms with E-state index >= 15 is 0 Å². The second-order valence-corrected chi connectivity index (χ2v) is 6.71. The van der Waals surface area contributed by atoms with Gasteiger partial charge in [0.15, 0.2) is 5.12 Å². The summed E-state index contributed by atoms with van der Waals surface area (Å²) in [4.78, 5) is 29.3. The van der Waals surface area contributed by atoms with E-state index in [0.717, 1.165) is 16.3 Å². The minimum Gasteiger partial charge on any atom is -0.337 e. The fourth-order valence-corrected chi connectivity index (χ4v) is 3.66. The van der Waals surface area contributed by atoms with E-state index < -0.39 is 0 Å². The van der Waals surface area contributed by atoms with Crippen molar-refractivity contribution in [2.75, 3.05) is 6.54 Å². The highest BCUT2D eigenvalue weighted by Crippen LogP contribution is 2.27. The fraction of sp³-hybridized carbons (Fsp3) is 0.312. The molecule has 1 fully saturated rings. The molecule has 5 heteroatoms. The molecule has 0 radical (unpaired) electrons. The highest BCUT2D eigenvalue weighted by atomic mass is 32.2. The molecule has 0 saturated carbocycles. The van der Waals surface area contributed by atoms with Crippen LogP contribution in [0.4, 0.5) is 0 Å². The zero-order valence-corrected chi connectivity index (χ0v) is 12.6. The van der Waals surface area contributed by atoms with E-state index in [4.69, 9.17) is 0 Å². The standard InChI is InChI=1S/C16H16N2O2S/c1-11(19)21-14-6-16(20)18(10-14)9-13-8-17-7-12-4-2-3-5-15(12)13/h2-5,7-8,14H,6,9-10H2,1H3. The monoisotopic (exact) mass is 300 g/mol. The third-order valence-electron chi connectivity index (χ3n) is 3.62. The Hall–Kier alpha value is -1.88. The van der Waals surface area contributed by atoms with Gasteiger partial charge in [0.05, 0.1) is 0 Å². The van der Waals surface area contributed by atoms with Crippen molar-refractivity contribution >= 4 is 33.6 Å². The SMILES string of the molecule is CC(=O)SC1CC(=O)N(Cc2cncc3ccccc23)C1. The number of carbonyl (C=O) groups is 2. The van der Waals surface area contributed by atoms with Crippen LogP contribution < -0.4 is 0 Å². The molecule has 2 heterocycles. The Morgan fingerprint density at radius 1 is 1.38 bits per heavy atom. The zero-order valence-electron chi connectivity index (χ0n) is 11.8. The minimum absolute atomic E-state index is 0.0708.